The van der Waals surface area contributed by atoms with Gasteiger partial charge in [0.1, 0.15) is 0 Å². The molecule has 1 aliphatic rings. The highest BCUT2D eigenvalue weighted by Gasteiger charge is 2.25. The molecule has 1 unspecified atom stereocenters. The maximum Gasteiger partial charge on any atom is 0.243 e. The number of carbonyl (C=O) groups excluding carboxylic acids is 1. The van der Waals surface area contributed by atoms with E-state index in [-0.39, 0.29) is 23.4 Å². The molecule has 1 atom stereocenters. The van der Waals surface area contributed by atoms with Gasteiger partial charge in [-0.15, -0.1) is 0 Å². The summed E-state index contributed by atoms with van der Waals surface area (Å²) in [7, 11) is -0.173. The molecule has 8 heteroatoms. The first-order chi connectivity index (χ1) is 14.4. The summed E-state index contributed by atoms with van der Waals surface area (Å²) in [5.41, 5.74) is 1.01. The van der Waals surface area contributed by atoms with Crippen LogP contribution in [0.3, 0.4) is 0 Å². The van der Waals surface area contributed by atoms with E-state index in [4.69, 9.17) is 0 Å². The van der Waals surface area contributed by atoms with Crippen molar-refractivity contribution < 1.29 is 13.2 Å². The van der Waals surface area contributed by atoms with Crippen LogP contribution < -0.4 is 5.32 Å². The lowest BCUT2D eigenvalue weighted by Crippen LogP contribution is -2.48. The van der Waals surface area contributed by atoms with Crippen LogP contribution in [-0.4, -0.2) is 81.8 Å². The molecule has 1 fully saturated rings. The number of rotatable bonds is 8. The van der Waals surface area contributed by atoms with Crippen LogP contribution >= 0.6 is 0 Å². The van der Waals surface area contributed by atoms with Crippen LogP contribution in [0.5, 0.6) is 0 Å². The first kappa shape index (κ1) is 22.4. The fourth-order valence-electron chi connectivity index (χ4n) is 3.51. The van der Waals surface area contributed by atoms with E-state index >= 15 is 0 Å². The third kappa shape index (κ3) is 5.89. The molecule has 30 heavy (non-hydrogen) atoms. The van der Waals surface area contributed by atoms with Crippen molar-refractivity contribution in [2.24, 2.45) is 0 Å². The van der Waals surface area contributed by atoms with Crippen molar-refractivity contribution in [1.82, 2.24) is 19.4 Å². The first-order valence-corrected chi connectivity index (χ1v) is 11.6. The summed E-state index contributed by atoms with van der Waals surface area (Å²) in [6.07, 6.45) is 0. The van der Waals surface area contributed by atoms with Gasteiger partial charge in [-0.1, -0.05) is 48.5 Å². The Hall–Kier alpha value is -2.26. The number of carbonyl (C=O) groups is 1. The Kier molecular flexibility index (Phi) is 7.60. The average molecular weight is 431 g/mol. The normalized spacial score (nSPS) is 17.0. The van der Waals surface area contributed by atoms with Gasteiger partial charge in [0.2, 0.25) is 15.9 Å². The number of nitrogens with zero attached hydrogens (tertiary/aromatic N) is 3. The van der Waals surface area contributed by atoms with E-state index in [9.17, 15) is 13.2 Å². The quantitative estimate of drug-likeness (QED) is 0.686. The summed E-state index contributed by atoms with van der Waals surface area (Å²) in [6, 6.07) is 17.8. The van der Waals surface area contributed by atoms with Crippen molar-refractivity contribution in [2.45, 2.75) is 10.9 Å². The van der Waals surface area contributed by atoms with Crippen LogP contribution in [0, 0.1) is 0 Å². The summed E-state index contributed by atoms with van der Waals surface area (Å²) in [5, 5.41) is 3.05. The van der Waals surface area contributed by atoms with Crippen molar-refractivity contribution in [3.63, 3.8) is 0 Å². The molecule has 2 aromatic rings. The minimum Gasteiger partial charge on any atom is -0.347 e. The van der Waals surface area contributed by atoms with Crippen LogP contribution in [0.1, 0.15) is 11.6 Å². The highest BCUT2D eigenvalue weighted by molar-refractivity contribution is 7.89. The van der Waals surface area contributed by atoms with E-state index in [1.165, 1.54) is 19.2 Å². The molecule has 162 valence electrons. The molecule has 0 radical (unpaired) electrons. The zero-order valence-corrected chi connectivity index (χ0v) is 18.4. The average Bonchev–Trinajstić information content (AvgIpc) is 2.76. The van der Waals surface area contributed by atoms with E-state index in [1.54, 1.807) is 18.2 Å². The maximum atomic E-state index is 12.8. The molecule has 7 nitrogen and oxygen atoms in total. The standard InChI is InChI=1S/C22H30N4O3S/c1-24-13-15-26(16-14-24)17-21(19-9-5-3-6-10-19)23-22(27)18-25(2)30(28,29)20-11-7-4-8-12-20/h3-12,21H,13-18H2,1-2H3,(H,23,27). The minimum absolute atomic E-state index is 0.178. The predicted octanol–water partition coefficient (Wildman–Crippen LogP) is 1.41. The van der Waals surface area contributed by atoms with E-state index in [0.717, 1.165) is 36.0 Å². The van der Waals surface area contributed by atoms with Crippen LogP contribution in [0.4, 0.5) is 0 Å². The SMILES string of the molecule is CN1CCN(CC(NC(=O)CN(C)S(=O)(=O)c2ccccc2)c2ccccc2)CC1. The second-order valence-corrected chi connectivity index (χ2v) is 9.75. The van der Waals surface area contributed by atoms with Gasteiger partial charge in [-0.3, -0.25) is 9.69 Å². The minimum atomic E-state index is -3.71. The highest BCUT2D eigenvalue weighted by Crippen LogP contribution is 2.17. The Bertz CT molecular complexity index is 914. The zero-order chi connectivity index (χ0) is 21.6. The number of hydrogen-bond donors (Lipinski definition) is 1. The molecule has 1 aliphatic heterocycles. The Morgan fingerprint density at radius 2 is 1.57 bits per heavy atom. The Morgan fingerprint density at radius 3 is 2.17 bits per heavy atom. The molecule has 1 N–H and O–H groups in total. The van der Waals surface area contributed by atoms with Crippen LogP contribution in [-0.2, 0) is 14.8 Å². The van der Waals surface area contributed by atoms with Gasteiger partial charge < -0.3 is 10.2 Å². The van der Waals surface area contributed by atoms with E-state index in [1.807, 2.05) is 30.3 Å². The largest absolute Gasteiger partial charge is 0.347 e. The molecule has 0 bridgehead atoms. The van der Waals surface area contributed by atoms with E-state index in [2.05, 4.69) is 22.2 Å². The molecule has 3 rings (SSSR count). The number of benzene rings is 2. The Labute approximate surface area is 179 Å². The van der Waals surface area contributed by atoms with Gasteiger partial charge in [0, 0.05) is 39.8 Å². The summed E-state index contributed by atoms with van der Waals surface area (Å²) in [4.78, 5) is 17.6. The fraction of sp³-hybridized carbons (Fsp3) is 0.409. The van der Waals surface area contributed by atoms with Gasteiger partial charge in [-0.25, -0.2) is 8.42 Å². The topological polar surface area (TPSA) is 73.0 Å². The summed E-state index contributed by atoms with van der Waals surface area (Å²) in [5.74, 6) is -0.319. The van der Waals surface area contributed by atoms with E-state index in [0.29, 0.717) is 6.54 Å². The second-order valence-electron chi connectivity index (χ2n) is 7.71. The molecular formula is C22H30N4O3S. The lowest BCUT2D eigenvalue weighted by atomic mass is 10.1. The summed E-state index contributed by atoms with van der Waals surface area (Å²) in [6.45, 7) is 4.33. The lowest BCUT2D eigenvalue weighted by molar-refractivity contribution is -0.122. The number of hydrogen-bond acceptors (Lipinski definition) is 5. The Morgan fingerprint density at radius 1 is 1.00 bits per heavy atom. The van der Waals surface area contributed by atoms with Gasteiger partial charge >= 0.3 is 0 Å². The zero-order valence-electron chi connectivity index (χ0n) is 17.6. The van der Waals surface area contributed by atoms with E-state index < -0.39 is 10.0 Å². The first-order valence-electron chi connectivity index (χ1n) is 10.1. The smallest absolute Gasteiger partial charge is 0.243 e. The van der Waals surface area contributed by atoms with Crippen molar-refractivity contribution in [2.75, 3.05) is 53.4 Å². The molecule has 0 spiro atoms. The number of sulfonamides is 1. The maximum absolute atomic E-state index is 12.8. The number of likely N-dealkylation sites (N-methyl/N-ethyl adjacent to an activating group) is 2. The van der Waals surface area contributed by atoms with Gasteiger partial charge in [0.15, 0.2) is 0 Å². The van der Waals surface area contributed by atoms with Crippen LogP contribution in [0.15, 0.2) is 65.6 Å². The van der Waals surface area contributed by atoms with Crippen LogP contribution in [0.2, 0.25) is 0 Å². The van der Waals surface area contributed by atoms with Crippen molar-refractivity contribution in [3.8, 4) is 0 Å². The van der Waals surface area contributed by atoms with Crippen molar-refractivity contribution >= 4 is 15.9 Å². The molecule has 1 saturated heterocycles. The van der Waals surface area contributed by atoms with Crippen molar-refractivity contribution in [1.29, 1.82) is 0 Å². The molecular weight excluding hydrogens is 400 g/mol. The summed E-state index contributed by atoms with van der Waals surface area (Å²) >= 11 is 0. The molecule has 0 saturated carbocycles. The third-order valence-corrected chi connectivity index (χ3v) is 7.21. The third-order valence-electron chi connectivity index (χ3n) is 5.39. The van der Waals surface area contributed by atoms with Crippen molar-refractivity contribution in [3.05, 3.63) is 66.2 Å². The molecule has 0 aliphatic carbocycles. The number of nitrogens with one attached hydrogen (secondary N) is 1. The molecule has 0 aromatic heterocycles. The van der Waals surface area contributed by atoms with Gasteiger partial charge in [0.25, 0.3) is 0 Å². The van der Waals surface area contributed by atoms with Gasteiger partial charge in [0.05, 0.1) is 17.5 Å². The second kappa shape index (κ2) is 10.2. The number of amides is 1. The Balaban J connectivity index is 1.67. The summed E-state index contributed by atoms with van der Waals surface area (Å²) < 4.78 is 26.5. The number of piperazine rings is 1. The molecule has 1 heterocycles. The monoisotopic (exact) mass is 430 g/mol. The lowest BCUT2D eigenvalue weighted by Gasteiger charge is -2.35. The fourth-order valence-corrected chi connectivity index (χ4v) is 4.66. The van der Waals surface area contributed by atoms with Gasteiger partial charge in [-0.05, 0) is 24.7 Å². The van der Waals surface area contributed by atoms with Gasteiger partial charge in [-0.2, -0.15) is 4.31 Å². The molecule has 1 amide bonds. The highest BCUT2D eigenvalue weighted by atomic mass is 32.2. The molecule has 2 aromatic carbocycles. The predicted molar refractivity (Wildman–Crippen MR) is 118 cm³/mol. The van der Waals surface area contributed by atoms with Crippen LogP contribution in [0.25, 0.3) is 0 Å².